The molecule has 7 heteroatoms. The second kappa shape index (κ2) is 8.04. The molecule has 0 unspecified atom stereocenters. The minimum absolute atomic E-state index is 0.0409. The number of benzene rings is 3. The molecule has 6 nitrogen and oxygen atoms in total. The summed E-state index contributed by atoms with van der Waals surface area (Å²) in [6, 6.07) is 21.1. The highest BCUT2D eigenvalue weighted by atomic mass is 127. The normalized spacial score (nSPS) is 12.7. The maximum atomic E-state index is 13.0. The Kier molecular flexibility index (Phi) is 5.30. The number of fused-ring (bicyclic) bond motifs is 1. The highest BCUT2D eigenvalue weighted by Crippen LogP contribution is 2.30. The van der Waals surface area contributed by atoms with Crippen molar-refractivity contribution in [2.24, 2.45) is 0 Å². The second-order valence-electron chi connectivity index (χ2n) is 6.47. The van der Waals surface area contributed by atoms with Crippen LogP contribution in [0.4, 0.5) is 17.1 Å². The molecule has 4 rings (SSSR count). The quantitative estimate of drug-likeness (QED) is 0.534. The Morgan fingerprint density at radius 2 is 1.62 bits per heavy atom. The van der Waals surface area contributed by atoms with Crippen LogP contribution in [0.15, 0.2) is 72.8 Å². The van der Waals surface area contributed by atoms with Crippen LogP contribution in [0.3, 0.4) is 0 Å². The SMILES string of the molecule is O=C1CN(C(=O)c2ccc(NC(=O)c3ccccc3I)cc2)c2ccccc2N1. The van der Waals surface area contributed by atoms with Gasteiger partial charge in [0.2, 0.25) is 5.91 Å². The van der Waals surface area contributed by atoms with Gasteiger partial charge in [-0.15, -0.1) is 0 Å². The van der Waals surface area contributed by atoms with Crippen LogP contribution in [-0.2, 0) is 4.79 Å². The van der Waals surface area contributed by atoms with Gasteiger partial charge in [0.1, 0.15) is 6.54 Å². The van der Waals surface area contributed by atoms with Crippen LogP contribution in [0.5, 0.6) is 0 Å². The second-order valence-corrected chi connectivity index (χ2v) is 7.63. The van der Waals surface area contributed by atoms with Crippen molar-refractivity contribution in [1.29, 1.82) is 0 Å². The Morgan fingerprint density at radius 1 is 0.931 bits per heavy atom. The van der Waals surface area contributed by atoms with E-state index < -0.39 is 0 Å². The van der Waals surface area contributed by atoms with Crippen molar-refractivity contribution in [3.05, 3.63) is 87.5 Å². The summed E-state index contributed by atoms with van der Waals surface area (Å²) in [5.41, 5.74) is 2.88. The van der Waals surface area contributed by atoms with E-state index in [2.05, 4.69) is 33.2 Å². The van der Waals surface area contributed by atoms with Crippen molar-refractivity contribution in [2.45, 2.75) is 0 Å². The summed E-state index contributed by atoms with van der Waals surface area (Å²) < 4.78 is 0.858. The predicted molar refractivity (Wildman–Crippen MR) is 120 cm³/mol. The molecule has 29 heavy (non-hydrogen) atoms. The zero-order valence-electron chi connectivity index (χ0n) is 15.2. The Morgan fingerprint density at radius 3 is 2.38 bits per heavy atom. The molecule has 3 aromatic carbocycles. The molecular weight excluding hydrogens is 481 g/mol. The summed E-state index contributed by atoms with van der Waals surface area (Å²) in [5.74, 6) is -0.725. The Balaban J connectivity index is 1.53. The number of rotatable bonds is 3. The van der Waals surface area contributed by atoms with Gasteiger partial charge in [0.15, 0.2) is 0 Å². The molecule has 3 amide bonds. The van der Waals surface area contributed by atoms with Crippen molar-refractivity contribution >= 4 is 57.4 Å². The molecular formula is C22H16IN3O3. The first-order valence-electron chi connectivity index (χ1n) is 8.89. The molecule has 1 heterocycles. The van der Waals surface area contributed by atoms with Crippen LogP contribution in [0.1, 0.15) is 20.7 Å². The third-order valence-electron chi connectivity index (χ3n) is 4.52. The first-order valence-corrected chi connectivity index (χ1v) is 9.97. The number of para-hydroxylation sites is 2. The van der Waals surface area contributed by atoms with Crippen molar-refractivity contribution in [3.8, 4) is 0 Å². The number of hydrogen-bond acceptors (Lipinski definition) is 3. The number of carbonyl (C=O) groups excluding carboxylic acids is 3. The molecule has 0 saturated carbocycles. The minimum atomic E-state index is -0.275. The minimum Gasteiger partial charge on any atom is -0.323 e. The van der Waals surface area contributed by atoms with Gasteiger partial charge < -0.3 is 10.6 Å². The number of anilines is 3. The van der Waals surface area contributed by atoms with E-state index in [-0.39, 0.29) is 24.3 Å². The molecule has 0 aliphatic carbocycles. The van der Waals surface area contributed by atoms with Gasteiger partial charge in [0, 0.05) is 14.8 Å². The number of hydrogen-bond donors (Lipinski definition) is 2. The summed E-state index contributed by atoms with van der Waals surface area (Å²) in [7, 11) is 0. The maximum absolute atomic E-state index is 13.0. The highest BCUT2D eigenvalue weighted by molar-refractivity contribution is 14.1. The van der Waals surface area contributed by atoms with Crippen LogP contribution in [0.2, 0.25) is 0 Å². The van der Waals surface area contributed by atoms with Gasteiger partial charge in [-0.05, 0) is 71.1 Å². The smallest absolute Gasteiger partial charge is 0.258 e. The van der Waals surface area contributed by atoms with Crippen LogP contribution in [0, 0.1) is 3.57 Å². The van der Waals surface area contributed by atoms with E-state index >= 15 is 0 Å². The average molecular weight is 497 g/mol. The van der Waals surface area contributed by atoms with E-state index in [9.17, 15) is 14.4 Å². The molecule has 0 saturated heterocycles. The van der Waals surface area contributed by atoms with Gasteiger partial charge in [-0.1, -0.05) is 24.3 Å². The van der Waals surface area contributed by atoms with E-state index in [0.29, 0.717) is 28.2 Å². The first kappa shape index (κ1) is 19.1. The molecule has 0 fully saturated rings. The van der Waals surface area contributed by atoms with E-state index in [1.807, 2.05) is 24.3 Å². The van der Waals surface area contributed by atoms with Crippen molar-refractivity contribution in [2.75, 3.05) is 22.1 Å². The zero-order valence-corrected chi connectivity index (χ0v) is 17.3. The van der Waals surface area contributed by atoms with Crippen molar-refractivity contribution in [1.82, 2.24) is 0 Å². The lowest BCUT2D eigenvalue weighted by Crippen LogP contribution is -2.42. The molecule has 0 aromatic heterocycles. The largest absolute Gasteiger partial charge is 0.323 e. The Hall–Kier alpha value is -3.20. The van der Waals surface area contributed by atoms with Crippen LogP contribution >= 0.6 is 22.6 Å². The molecule has 144 valence electrons. The summed E-state index contributed by atoms with van der Waals surface area (Å²) in [4.78, 5) is 38.8. The number of amides is 3. The molecule has 3 aromatic rings. The monoisotopic (exact) mass is 497 g/mol. The van der Waals surface area contributed by atoms with Gasteiger partial charge in [0.05, 0.1) is 16.9 Å². The number of nitrogens with zero attached hydrogens (tertiary/aromatic N) is 1. The van der Waals surface area contributed by atoms with Gasteiger partial charge in [-0.2, -0.15) is 0 Å². The first-order chi connectivity index (χ1) is 14.0. The molecule has 2 N–H and O–H groups in total. The van der Waals surface area contributed by atoms with E-state index in [1.165, 1.54) is 4.90 Å². The Bertz CT molecular complexity index is 1110. The third kappa shape index (κ3) is 4.00. The number of carbonyl (C=O) groups is 3. The highest BCUT2D eigenvalue weighted by Gasteiger charge is 2.27. The molecule has 0 atom stereocenters. The van der Waals surface area contributed by atoms with E-state index in [0.717, 1.165) is 3.57 Å². The van der Waals surface area contributed by atoms with Gasteiger partial charge >= 0.3 is 0 Å². The lowest BCUT2D eigenvalue weighted by molar-refractivity contribution is -0.115. The van der Waals surface area contributed by atoms with Gasteiger partial charge in [-0.25, -0.2) is 0 Å². The number of halogens is 1. The van der Waals surface area contributed by atoms with Gasteiger partial charge in [-0.3, -0.25) is 19.3 Å². The average Bonchev–Trinajstić information content (AvgIpc) is 2.73. The van der Waals surface area contributed by atoms with E-state index in [4.69, 9.17) is 0 Å². The predicted octanol–water partition coefficient (Wildman–Crippen LogP) is 4.14. The van der Waals surface area contributed by atoms with Crippen molar-refractivity contribution < 1.29 is 14.4 Å². The molecule has 0 bridgehead atoms. The fourth-order valence-corrected chi connectivity index (χ4v) is 3.74. The maximum Gasteiger partial charge on any atom is 0.258 e. The fourth-order valence-electron chi connectivity index (χ4n) is 3.11. The van der Waals surface area contributed by atoms with Crippen molar-refractivity contribution in [3.63, 3.8) is 0 Å². The standard InChI is InChI=1S/C22H16IN3O3/c23-17-6-2-1-5-16(17)21(28)24-15-11-9-14(10-12-15)22(29)26-13-20(27)25-18-7-3-4-8-19(18)26/h1-12H,13H2,(H,24,28)(H,25,27). The van der Waals surface area contributed by atoms with Gasteiger partial charge in [0.25, 0.3) is 11.8 Å². The molecule has 1 aliphatic rings. The molecule has 0 spiro atoms. The van der Waals surface area contributed by atoms with Crippen LogP contribution in [-0.4, -0.2) is 24.3 Å². The summed E-state index contributed by atoms with van der Waals surface area (Å²) in [6.45, 7) is -0.0409. The fraction of sp³-hybridized carbons (Fsp3) is 0.0455. The lowest BCUT2D eigenvalue weighted by Gasteiger charge is -2.29. The topological polar surface area (TPSA) is 78.5 Å². The molecule has 1 aliphatic heterocycles. The third-order valence-corrected chi connectivity index (χ3v) is 5.46. The van der Waals surface area contributed by atoms with Crippen LogP contribution < -0.4 is 15.5 Å². The summed E-state index contributed by atoms with van der Waals surface area (Å²) in [6.07, 6.45) is 0. The van der Waals surface area contributed by atoms with Crippen LogP contribution in [0.25, 0.3) is 0 Å². The molecule has 0 radical (unpaired) electrons. The number of nitrogens with one attached hydrogen (secondary N) is 2. The Labute approximate surface area is 181 Å². The lowest BCUT2D eigenvalue weighted by atomic mass is 10.1. The summed E-state index contributed by atoms with van der Waals surface area (Å²) in [5, 5.41) is 5.60. The van der Waals surface area contributed by atoms with E-state index in [1.54, 1.807) is 48.5 Å². The zero-order chi connectivity index (χ0) is 20.4. The summed E-state index contributed by atoms with van der Waals surface area (Å²) >= 11 is 2.12.